The first-order valence-corrected chi connectivity index (χ1v) is 24.1. The fraction of sp³-hybridized carbons (Fsp3) is 0.745. The van der Waals surface area contributed by atoms with Gasteiger partial charge in [-0.2, -0.15) is 0 Å². The number of rotatable bonds is 10. The van der Waals surface area contributed by atoms with Gasteiger partial charge in [0.25, 0.3) is 23.6 Å². The Morgan fingerprint density at radius 2 is 1.48 bits per heavy atom. The van der Waals surface area contributed by atoms with E-state index in [0.717, 1.165) is 14.9 Å². The van der Waals surface area contributed by atoms with E-state index in [4.69, 9.17) is 9.47 Å². The highest BCUT2D eigenvalue weighted by Gasteiger charge is 2.59. The fourth-order valence-electron chi connectivity index (χ4n) is 9.32. The van der Waals surface area contributed by atoms with Crippen molar-refractivity contribution in [2.75, 3.05) is 20.1 Å². The Bertz CT molecular complexity index is 2010. The number of aliphatic hydroxyl groups excluding tert-OH is 1. The van der Waals surface area contributed by atoms with Gasteiger partial charge in [-0.05, 0) is 103 Å². The molecule has 0 bridgehead atoms. The van der Waals surface area contributed by atoms with Crippen LogP contribution in [0.5, 0.6) is 0 Å². The van der Waals surface area contributed by atoms with Crippen molar-refractivity contribution in [3.05, 3.63) is 23.3 Å². The summed E-state index contributed by atoms with van der Waals surface area (Å²) in [6.45, 7) is 17.4. The molecule has 388 valence electrons. The third kappa shape index (κ3) is 12.0. The first kappa shape index (κ1) is 56.7. The summed E-state index contributed by atoms with van der Waals surface area (Å²) < 4.78 is 12.3. The predicted molar refractivity (Wildman–Crippen MR) is 247 cm³/mol. The maximum Gasteiger partial charge on any atom is 0.331 e. The zero-order chi connectivity index (χ0) is 52.0. The van der Waals surface area contributed by atoms with Crippen molar-refractivity contribution in [1.82, 2.24) is 41.5 Å². The standard InChI is InChI=1S/C47H76N8O14/c1-13-25(5)36(57)27(7)23-28(8)38-26(6)19-20-47(66,69-38)46(65,14-2)45(64)51-35-37(24(3)4)68-44(63)34(31(11)56)50-39(58)32-17-15-21-48-53(32)41(60)29(9)52(12)40(59)30(10)55(67)42(61)33-18-16-22-49-54(33)43(35)62/h13,23-24,26-27,29-35,37-38,48-49,56,65-67H,14-22H2,1-12H3,(H,50,58)(H,51,64)/b25-13+,28-23+/t26-,27-,29+,30-,31-,32+,33+,34+,35-,37-,38-,46+,47+/m0/s1. The number of hydroxylamine groups is 2. The molecule has 0 radical (unpaired) electrons. The quantitative estimate of drug-likeness (QED) is 0.0625. The molecule has 22 nitrogen and oxygen atoms in total. The second kappa shape index (κ2) is 23.4. The number of nitrogens with zero attached hydrogens (tertiary/aromatic N) is 4. The highest BCUT2D eigenvalue weighted by atomic mass is 16.7. The van der Waals surface area contributed by atoms with E-state index in [0.29, 0.717) is 17.6 Å². The lowest BCUT2D eigenvalue weighted by molar-refractivity contribution is -0.325. The van der Waals surface area contributed by atoms with Gasteiger partial charge in [-0.1, -0.05) is 46.8 Å². The van der Waals surface area contributed by atoms with Gasteiger partial charge < -0.3 is 40.3 Å². The Balaban J connectivity index is 1.85. The Morgan fingerprint density at radius 1 is 0.899 bits per heavy atom. The number of ether oxygens (including phenoxy) is 2. The molecule has 8 N–H and O–H groups in total. The highest BCUT2D eigenvalue weighted by molar-refractivity contribution is 5.98. The molecule has 13 atom stereocenters. The molecule has 0 spiro atoms. The van der Waals surface area contributed by atoms with Crippen LogP contribution in [0.3, 0.4) is 0 Å². The third-order valence-electron chi connectivity index (χ3n) is 14.1. The van der Waals surface area contributed by atoms with Crippen LogP contribution in [0.2, 0.25) is 0 Å². The Morgan fingerprint density at radius 3 is 2.03 bits per heavy atom. The molecule has 4 heterocycles. The Hall–Kier alpha value is -4.84. The zero-order valence-electron chi connectivity index (χ0n) is 42.1. The van der Waals surface area contributed by atoms with Crippen LogP contribution >= 0.6 is 0 Å². The number of carbonyl (C=O) groups is 8. The average Bonchev–Trinajstić information content (AvgIpc) is 3.33. The van der Waals surface area contributed by atoms with Crippen LogP contribution in [0.15, 0.2) is 23.3 Å². The van der Waals surface area contributed by atoms with Crippen LogP contribution in [0, 0.1) is 17.8 Å². The predicted octanol–water partition coefficient (Wildman–Crippen LogP) is 0.125. The summed E-state index contributed by atoms with van der Waals surface area (Å²) >= 11 is 0. The SMILES string of the molecule is C/C=C(\C)C(=O)[C@@H](C)/C=C(\C)[C@H]1O[C@@](O)([C@@](O)(CC)C(=O)N[C@@H]2C(=O)N3NCCC[C@@H]3C(=O)N(O)[C@@H](C)C(=O)N(C)[C@H](C)C(=O)N3NCCC[C@@H]3C(=O)N[C@H]([C@H](C)O)C(=O)O[C@H]2C(C)C)CC[C@@H]1C. The molecule has 22 heteroatoms. The van der Waals surface area contributed by atoms with Gasteiger partial charge in [-0.25, -0.2) is 20.7 Å². The van der Waals surface area contributed by atoms with Crippen molar-refractivity contribution in [3.8, 4) is 0 Å². The number of amides is 6. The van der Waals surface area contributed by atoms with Crippen molar-refractivity contribution < 1.29 is 68.4 Å². The smallest absolute Gasteiger partial charge is 0.331 e. The Labute approximate surface area is 404 Å². The minimum atomic E-state index is -2.80. The first-order valence-electron chi connectivity index (χ1n) is 24.1. The number of hydrazine groups is 2. The number of esters is 1. The first-order chi connectivity index (χ1) is 32.2. The summed E-state index contributed by atoms with van der Waals surface area (Å²) in [5, 5.41) is 54.1. The van der Waals surface area contributed by atoms with Crippen molar-refractivity contribution >= 4 is 47.2 Å². The van der Waals surface area contributed by atoms with Gasteiger partial charge in [0.1, 0.15) is 36.3 Å². The number of aliphatic hydroxyl groups is 3. The molecular weight excluding hydrogens is 901 g/mol. The maximum absolute atomic E-state index is 15.2. The van der Waals surface area contributed by atoms with Gasteiger partial charge in [0, 0.05) is 32.5 Å². The average molecular weight is 977 g/mol. The van der Waals surface area contributed by atoms with Crippen LogP contribution < -0.4 is 21.5 Å². The van der Waals surface area contributed by atoms with E-state index in [1.54, 1.807) is 39.8 Å². The summed E-state index contributed by atoms with van der Waals surface area (Å²) in [7, 11) is 1.28. The molecule has 4 aliphatic heterocycles. The monoisotopic (exact) mass is 977 g/mol. The molecule has 6 amide bonds. The summed E-state index contributed by atoms with van der Waals surface area (Å²) in [5.41, 5.74) is 4.01. The number of cyclic esters (lactones) is 1. The van der Waals surface area contributed by atoms with E-state index in [1.807, 2.05) is 6.92 Å². The van der Waals surface area contributed by atoms with Gasteiger partial charge in [0.05, 0.1) is 12.2 Å². The van der Waals surface area contributed by atoms with Crippen molar-refractivity contribution in [1.29, 1.82) is 0 Å². The van der Waals surface area contributed by atoms with Gasteiger partial charge >= 0.3 is 5.97 Å². The number of fused-ring (bicyclic) bond motifs is 2. The minimum absolute atomic E-state index is 0.0668. The Kier molecular flexibility index (Phi) is 19.2. The molecule has 0 unspecified atom stereocenters. The molecule has 0 aromatic heterocycles. The number of hydrogen-bond acceptors (Lipinski definition) is 16. The number of Topliss-reactive ketones (excluding diaryl/α,β-unsaturated/α-hetero) is 1. The molecule has 69 heavy (non-hydrogen) atoms. The van der Waals surface area contributed by atoms with Crippen LogP contribution in [-0.4, -0.2) is 174 Å². The molecule has 4 fully saturated rings. The zero-order valence-corrected chi connectivity index (χ0v) is 42.1. The lowest BCUT2D eigenvalue weighted by atomic mass is 9.78. The second-order valence-electron chi connectivity index (χ2n) is 19.4. The number of ketones is 1. The summed E-state index contributed by atoms with van der Waals surface area (Å²) in [6, 6.07) is -9.46. The van der Waals surface area contributed by atoms with Crippen molar-refractivity contribution in [2.45, 2.75) is 187 Å². The maximum atomic E-state index is 15.2. The van der Waals surface area contributed by atoms with E-state index in [-0.39, 0.29) is 62.0 Å². The second-order valence-corrected chi connectivity index (χ2v) is 19.4. The summed E-state index contributed by atoms with van der Waals surface area (Å²) in [4.78, 5) is 114. The topological polar surface area (TPSA) is 297 Å². The van der Waals surface area contributed by atoms with Gasteiger partial charge in [0.2, 0.25) is 17.6 Å². The van der Waals surface area contributed by atoms with Crippen LogP contribution in [0.1, 0.15) is 121 Å². The molecule has 0 aromatic rings. The molecule has 4 aliphatic rings. The largest absolute Gasteiger partial charge is 0.458 e. The van der Waals surface area contributed by atoms with Crippen molar-refractivity contribution in [2.24, 2.45) is 17.8 Å². The summed E-state index contributed by atoms with van der Waals surface area (Å²) in [5.74, 6) is -11.7. The fourth-order valence-corrected chi connectivity index (χ4v) is 9.32. The van der Waals surface area contributed by atoms with Crippen LogP contribution in [-0.2, 0) is 47.8 Å². The third-order valence-corrected chi connectivity index (χ3v) is 14.1. The summed E-state index contributed by atoms with van der Waals surface area (Å²) in [6.07, 6.45) is -0.537. The highest BCUT2D eigenvalue weighted by Crippen LogP contribution is 2.42. The molecule has 4 rings (SSSR count). The number of likely N-dealkylation sites (N-methyl/N-ethyl adjacent to an activating group) is 1. The van der Waals surface area contributed by atoms with E-state index >= 15 is 4.79 Å². The van der Waals surface area contributed by atoms with Gasteiger partial charge in [0.15, 0.2) is 17.4 Å². The van der Waals surface area contributed by atoms with Crippen molar-refractivity contribution in [3.63, 3.8) is 0 Å². The molecule has 4 saturated heterocycles. The number of nitrogens with one attached hydrogen (secondary N) is 4. The lowest BCUT2D eigenvalue weighted by Gasteiger charge is -2.49. The number of allylic oxidation sites excluding steroid dienone is 3. The molecule has 0 aromatic carbocycles. The van der Waals surface area contributed by atoms with E-state index in [1.165, 1.54) is 48.6 Å². The lowest BCUT2D eigenvalue weighted by Crippen LogP contribution is -2.71. The molecule has 0 aliphatic carbocycles. The van der Waals surface area contributed by atoms with E-state index in [9.17, 15) is 54.1 Å². The minimum Gasteiger partial charge on any atom is -0.458 e. The van der Waals surface area contributed by atoms with E-state index in [2.05, 4.69) is 21.5 Å². The van der Waals surface area contributed by atoms with Gasteiger partial charge in [-0.3, -0.25) is 48.8 Å². The van der Waals surface area contributed by atoms with Crippen LogP contribution in [0.25, 0.3) is 0 Å². The normalized spacial score (nSPS) is 33.0. The molecule has 0 saturated carbocycles. The number of hydrogen-bond donors (Lipinski definition) is 8. The molecular formula is C47H76N8O14. The van der Waals surface area contributed by atoms with E-state index < -0.39 is 126 Å². The number of carbonyl (C=O) groups excluding carboxylic acids is 8. The van der Waals surface area contributed by atoms with Gasteiger partial charge in [-0.15, -0.1) is 0 Å². The van der Waals surface area contributed by atoms with Crippen LogP contribution in [0.4, 0.5) is 0 Å².